The second-order valence-electron chi connectivity index (χ2n) is 6.71. The minimum absolute atomic E-state index is 0.0426. The van der Waals surface area contributed by atoms with E-state index in [9.17, 15) is 29.4 Å². The fraction of sp³-hybridized carbons (Fsp3) is 0.190. The standard InChI is InChI=1S/C21H21FN6O6/c1-5-7-26(8-6-2)20-10-15(23-13(3)29)16(11-21(20)34-4)24-25-17-9-14(22)18(27(30)31)12-19(17)28(32)33/h5-6,9-12H,1-2,7-8H2,3-4H3,(H,23,29). The summed E-state index contributed by atoms with van der Waals surface area (Å²) >= 11 is 0. The number of benzene rings is 2. The van der Waals surface area contributed by atoms with Crippen molar-refractivity contribution >= 4 is 40.0 Å². The van der Waals surface area contributed by atoms with Gasteiger partial charge in [-0.25, -0.2) is 0 Å². The maximum Gasteiger partial charge on any atom is 0.311 e. The summed E-state index contributed by atoms with van der Waals surface area (Å²) in [5, 5.41) is 32.5. The second kappa shape index (κ2) is 11.3. The molecule has 0 radical (unpaired) electrons. The summed E-state index contributed by atoms with van der Waals surface area (Å²) in [5.41, 5.74) is -1.64. The lowest BCUT2D eigenvalue weighted by Crippen LogP contribution is -2.24. The number of nitrogens with one attached hydrogen (secondary N) is 1. The smallest absolute Gasteiger partial charge is 0.311 e. The molecule has 1 amide bonds. The van der Waals surface area contributed by atoms with Gasteiger partial charge in [0.2, 0.25) is 11.7 Å². The Morgan fingerprint density at radius 3 is 2.18 bits per heavy atom. The van der Waals surface area contributed by atoms with E-state index >= 15 is 0 Å². The minimum atomic E-state index is -1.32. The van der Waals surface area contributed by atoms with Crippen molar-refractivity contribution in [3.63, 3.8) is 0 Å². The number of amides is 1. The molecule has 0 fully saturated rings. The molecule has 13 heteroatoms. The summed E-state index contributed by atoms with van der Waals surface area (Å²) in [6.07, 6.45) is 3.33. The van der Waals surface area contributed by atoms with Crippen molar-refractivity contribution in [1.29, 1.82) is 0 Å². The van der Waals surface area contributed by atoms with Gasteiger partial charge in [0.15, 0.2) is 5.69 Å². The molecule has 0 spiro atoms. The summed E-state index contributed by atoms with van der Waals surface area (Å²) in [4.78, 5) is 33.8. The Labute approximate surface area is 193 Å². The van der Waals surface area contributed by atoms with Crippen molar-refractivity contribution in [3.05, 3.63) is 75.6 Å². The van der Waals surface area contributed by atoms with Gasteiger partial charge in [0.25, 0.3) is 0 Å². The molecular weight excluding hydrogens is 451 g/mol. The second-order valence-corrected chi connectivity index (χ2v) is 6.71. The Kier molecular flexibility index (Phi) is 8.47. The van der Waals surface area contributed by atoms with E-state index in [2.05, 4.69) is 28.7 Å². The van der Waals surface area contributed by atoms with Crippen molar-refractivity contribution in [2.24, 2.45) is 10.2 Å². The average molecular weight is 472 g/mol. The Balaban J connectivity index is 2.67. The molecule has 2 rings (SSSR count). The quantitative estimate of drug-likeness (QED) is 0.204. The Bertz CT molecular complexity index is 1170. The van der Waals surface area contributed by atoms with Gasteiger partial charge in [0.05, 0.1) is 34.4 Å². The van der Waals surface area contributed by atoms with Gasteiger partial charge in [-0.1, -0.05) is 12.2 Å². The van der Waals surface area contributed by atoms with E-state index in [0.717, 1.165) is 0 Å². The summed E-state index contributed by atoms with van der Waals surface area (Å²) < 4.78 is 19.5. The number of nitro groups is 2. The number of nitrogens with zero attached hydrogens (tertiary/aromatic N) is 5. The highest BCUT2D eigenvalue weighted by molar-refractivity contribution is 5.94. The third-order valence-corrected chi connectivity index (χ3v) is 4.35. The van der Waals surface area contributed by atoms with Crippen LogP contribution in [0.4, 0.5) is 38.5 Å². The van der Waals surface area contributed by atoms with Crippen molar-refractivity contribution in [3.8, 4) is 5.75 Å². The summed E-state index contributed by atoms with van der Waals surface area (Å²) in [6.45, 7) is 9.55. The first kappa shape index (κ1) is 25.6. The zero-order chi connectivity index (χ0) is 25.4. The molecule has 0 atom stereocenters. The summed E-state index contributed by atoms with van der Waals surface area (Å²) in [5.74, 6) is -1.42. The van der Waals surface area contributed by atoms with Crippen molar-refractivity contribution < 1.29 is 23.8 Å². The molecule has 0 aliphatic rings. The van der Waals surface area contributed by atoms with Gasteiger partial charge in [-0.2, -0.15) is 4.39 Å². The van der Waals surface area contributed by atoms with Gasteiger partial charge >= 0.3 is 11.4 Å². The first-order valence-corrected chi connectivity index (χ1v) is 9.63. The van der Waals surface area contributed by atoms with Gasteiger partial charge in [-0.15, -0.1) is 23.4 Å². The highest BCUT2D eigenvalue weighted by atomic mass is 19.1. The van der Waals surface area contributed by atoms with Crippen LogP contribution >= 0.6 is 0 Å². The van der Waals surface area contributed by atoms with E-state index in [4.69, 9.17) is 4.74 Å². The van der Waals surface area contributed by atoms with Crippen LogP contribution in [-0.2, 0) is 4.79 Å². The van der Waals surface area contributed by atoms with Gasteiger partial charge in [0, 0.05) is 32.1 Å². The fourth-order valence-corrected chi connectivity index (χ4v) is 2.94. The Morgan fingerprint density at radius 2 is 1.68 bits per heavy atom. The molecule has 0 unspecified atom stereocenters. The maximum absolute atomic E-state index is 14.1. The van der Waals surface area contributed by atoms with Crippen LogP contribution in [0.1, 0.15) is 6.92 Å². The van der Waals surface area contributed by atoms with E-state index in [-0.39, 0.29) is 11.4 Å². The molecule has 0 saturated carbocycles. The van der Waals surface area contributed by atoms with E-state index in [1.165, 1.54) is 20.1 Å². The number of halogens is 1. The minimum Gasteiger partial charge on any atom is -0.494 e. The fourth-order valence-electron chi connectivity index (χ4n) is 2.94. The van der Waals surface area contributed by atoms with E-state index in [1.807, 2.05) is 4.90 Å². The number of nitro benzene ring substituents is 2. The topological polar surface area (TPSA) is 153 Å². The summed E-state index contributed by atoms with van der Waals surface area (Å²) in [6, 6.07) is 3.99. The molecule has 0 saturated heterocycles. The van der Waals surface area contributed by atoms with Crippen LogP contribution in [-0.4, -0.2) is 36.0 Å². The maximum atomic E-state index is 14.1. The first-order valence-electron chi connectivity index (χ1n) is 9.63. The molecule has 0 aliphatic heterocycles. The van der Waals surface area contributed by atoms with Crippen LogP contribution in [0, 0.1) is 26.0 Å². The molecule has 34 heavy (non-hydrogen) atoms. The lowest BCUT2D eigenvalue weighted by atomic mass is 10.2. The molecule has 0 bridgehead atoms. The van der Waals surface area contributed by atoms with Crippen LogP contribution in [0.2, 0.25) is 0 Å². The number of carbonyl (C=O) groups excluding carboxylic acids is 1. The predicted molar refractivity (Wildman–Crippen MR) is 124 cm³/mol. The molecule has 2 aromatic rings. The summed E-state index contributed by atoms with van der Waals surface area (Å²) in [7, 11) is 1.41. The van der Waals surface area contributed by atoms with E-state index in [0.29, 0.717) is 36.7 Å². The predicted octanol–water partition coefficient (Wildman–Crippen LogP) is 5.20. The molecule has 0 aromatic heterocycles. The lowest BCUT2D eigenvalue weighted by molar-refractivity contribution is -0.395. The van der Waals surface area contributed by atoms with Crippen molar-refractivity contribution in [1.82, 2.24) is 0 Å². The van der Waals surface area contributed by atoms with Crippen molar-refractivity contribution in [2.45, 2.75) is 6.92 Å². The normalized spacial score (nSPS) is 10.6. The number of hydrogen-bond donors (Lipinski definition) is 1. The number of anilines is 2. The molecular formula is C21H21FN6O6. The SMILES string of the molecule is C=CCN(CC=C)c1cc(NC(C)=O)c(N=Nc2cc(F)c([N+](=O)[O-])cc2[N+](=O)[O-])cc1OC. The van der Waals surface area contributed by atoms with Crippen LogP contribution in [0.25, 0.3) is 0 Å². The number of hydrogen-bond acceptors (Lipinski definition) is 9. The third-order valence-electron chi connectivity index (χ3n) is 4.35. The highest BCUT2D eigenvalue weighted by Crippen LogP contribution is 2.41. The number of rotatable bonds is 11. The average Bonchev–Trinajstić information content (AvgIpc) is 2.76. The lowest BCUT2D eigenvalue weighted by Gasteiger charge is -2.25. The number of azo groups is 1. The monoisotopic (exact) mass is 472 g/mol. The highest BCUT2D eigenvalue weighted by Gasteiger charge is 2.25. The third kappa shape index (κ3) is 5.97. The molecule has 0 heterocycles. The Hall–Kier alpha value is -4.68. The molecule has 0 aliphatic carbocycles. The van der Waals surface area contributed by atoms with Crippen LogP contribution in [0.5, 0.6) is 5.75 Å². The largest absolute Gasteiger partial charge is 0.494 e. The van der Waals surface area contributed by atoms with Crippen molar-refractivity contribution in [2.75, 3.05) is 30.4 Å². The van der Waals surface area contributed by atoms with Gasteiger partial charge < -0.3 is 15.0 Å². The van der Waals surface area contributed by atoms with Crippen LogP contribution in [0.3, 0.4) is 0 Å². The zero-order valence-electron chi connectivity index (χ0n) is 18.4. The molecule has 12 nitrogen and oxygen atoms in total. The van der Waals surface area contributed by atoms with Gasteiger partial charge in [-0.05, 0) is 6.07 Å². The first-order chi connectivity index (χ1) is 16.1. The van der Waals surface area contributed by atoms with Crippen LogP contribution < -0.4 is 15.0 Å². The van der Waals surface area contributed by atoms with E-state index in [1.54, 1.807) is 18.2 Å². The van der Waals surface area contributed by atoms with Gasteiger partial charge in [-0.3, -0.25) is 25.0 Å². The number of ether oxygens (including phenoxy) is 1. The van der Waals surface area contributed by atoms with Gasteiger partial charge in [0.1, 0.15) is 11.4 Å². The zero-order valence-corrected chi connectivity index (χ0v) is 18.4. The Morgan fingerprint density at radius 1 is 1.09 bits per heavy atom. The molecule has 2 aromatic carbocycles. The number of methoxy groups -OCH3 is 1. The van der Waals surface area contributed by atoms with E-state index < -0.39 is 38.6 Å². The molecule has 1 N–H and O–H groups in total. The molecule has 178 valence electrons. The number of carbonyl (C=O) groups is 1. The van der Waals surface area contributed by atoms with Crippen LogP contribution in [0.15, 0.2) is 59.8 Å².